The van der Waals surface area contributed by atoms with Gasteiger partial charge in [0, 0.05) is 26.7 Å². The Hall–Kier alpha value is -2.30. The molecule has 3 rings (SSSR count). The highest BCUT2D eigenvalue weighted by Gasteiger charge is 2.22. The number of guanidine groups is 1. The molecule has 1 aliphatic rings. The molecule has 0 bridgehead atoms. The zero-order valence-corrected chi connectivity index (χ0v) is 19.8. The lowest BCUT2D eigenvalue weighted by Gasteiger charge is -2.32. The van der Waals surface area contributed by atoms with Crippen LogP contribution in [0.2, 0.25) is 0 Å². The Kier molecular flexibility index (Phi) is 8.30. The molecule has 0 radical (unpaired) electrons. The van der Waals surface area contributed by atoms with E-state index in [4.69, 9.17) is 14.5 Å². The van der Waals surface area contributed by atoms with Crippen molar-refractivity contribution in [2.45, 2.75) is 26.4 Å². The molecule has 0 aliphatic carbocycles. The van der Waals surface area contributed by atoms with Gasteiger partial charge >= 0.3 is 0 Å². The minimum absolute atomic E-state index is 0. The second-order valence-electron chi connectivity index (χ2n) is 6.68. The average Bonchev–Trinajstić information content (AvgIpc) is 3.04. The second kappa shape index (κ2) is 10.5. The van der Waals surface area contributed by atoms with Gasteiger partial charge in [0.25, 0.3) is 0 Å². The van der Waals surface area contributed by atoms with Gasteiger partial charge in [-0.25, -0.2) is 4.99 Å². The number of aryl methyl sites for hydroxylation is 1. The molecule has 0 saturated carbocycles. The minimum atomic E-state index is 0. The molecule has 1 N–H and O–H groups in total. The summed E-state index contributed by atoms with van der Waals surface area (Å²) in [4.78, 5) is 7.02. The Balaban J connectivity index is 0.00000300. The van der Waals surface area contributed by atoms with Gasteiger partial charge in [-0.3, -0.25) is 0 Å². The van der Waals surface area contributed by atoms with Gasteiger partial charge < -0.3 is 24.3 Å². The molecule has 0 saturated heterocycles. The molecule has 0 amide bonds. The number of halogens is 1. The molecule has 0 spiro atoms. The van der Waals surface area contributed by atoms with Crippen molar-refractivity contribution in [2.24, 2.45) is 12.0 Å². The number of hydrogen-bond acceptors (Lipinski definition) is 5. The Bertz CT molecular complexity index is 880. The van der Waals surface area contributed by atoms with Crippen LogP contribution in [0, 0.1) is 6.92 Å². The van der Waals surface area contributed by atoms with Crippen LogP contribution in [0.4, 0.5) is 0 Å². The predicted octanol–water partition coefficient (Wildman–Crippen LogP) is 2.45. The first kappa shape index (κ1) is 23.0. The molecule has 2 aromatic rings. The molecule has 0 unspecified atom stereocenters. The third-order valence-corrected chi connectivity index (χ3v) is 4.98. The van der Waals surface area contributed by atoms with Crippen molar-refractivity contribution in [3.8, 4) is 11.5 Å². The SMILES string of the molecule is C=CCNC(=NCc1nnc(C)n1C)N1CCc2cc(OC)c(OC)cc2C1.I. The lowest BCUT2D eigenvalue weighted by molar-refractivity contribution is 0.346. The number of hydrogen-bond donors (Lipinski definition) is 1. The molecule has 1 aromatic heterocycles. The normalized spacial score (nSPS) is 13.4. The summed E-state index contributed by atoms with van der Waals surface area (Å²) >= 11 is 0. The Labute approximate surface area is 189 Å². The quantitative estimate of drug-likeness (QED) is 0.278. The number of aromatic nitrogens is 3. The first-order valence-corrected chi connectivity index (χ1v) is 9.30. The summed E-state index contributed by atoms with van der Waals surface area (Å²) in [7, 11) is 5.28. The Morgan fingerprint density at radius 1 is 1.24 bits per heavy atom. The highest BCUT2D eigenvalue weighted by molar-refractivity contribution is 14.0. The minimum Gasteiger partial charge on any atom is -0.493 e. The van der Waals surface area contributed by atoms with Crippen molar-refractivity contribution in [2.75, 3.05) is 27.3 Å². The van der Waals surface area contributed by atoms with E-state index in [9.17, 15) is 0 Å². The number of nitrogens with zero attached hydrogens (tertiary/aromatic N) is 5. The fraction of sp³-hybridized carbons (Fsp3) is 0.450. The van der Waals surface area contributed by atoms with Crippen molar-refractivity contribution < 1.29 is 9.47 Å². The van der Waals surface area contributed by atoms with E-state index in [0.717, 1.165) is 48.6 Å². The summed E-state index contributed by atoms with van der Waals surface area (Å²) in [5.74, 6) is 4.06. The summed E-state index contributed by atoms with van der Waals surface area (Å²) in [6, 6.07) is 4.12. The van der Waals surface area contributed by atoms with E-state index in [1.807, 2.05) is 24.6 Å². The van der Waals surface area contributed by atoms with Crippen LogP contribution >= 0.6 is 24.0 Å². The third kappa shape index (κ3) is 5.20. The summed E-state index contributed by atoms with van der Waals surface area (Å²) in [5, 5.41) is 11.7. The molecule has 2 heterocycles. The van der Waals surface area contributed by atoms with Crippen molar-refractivity contribution in [1.29, 1.82) is 0 Å². The number of ether oxygens (including phenoxy) is 2. The topological polar surface area (TPSA) is 76.8 Å². The molecule has 0 fully saturated rings. The zero-order chi connectivity index (χ0) is 20.1. The smallest absolute Gasteiger partial charge is 0.194 e. The first-order valence-electron chi connectivity index (χ1n) is 9.30. The maximum Gasteiger partial charge on any atom is 0.194 e. The monoisotopic (exact) mass is 512 g/mol. The fourth-order valence-electron chi connectivity index (χ4n) is 3.23. The molecule has 158 valence electrons. The van der Waals surface area contributed by atoms with E-state index < -0.39 is 0 Å². The lowest BCUT2D eigenvalue weighted by atomic mass is 9.99. The third-order valence-electron chi connectivity index (χ3n) is 4.98. The van der Waals surface area contributed by atoms with Gasteiger partial charge in [-0.15, -0.1) is 40.8 Å². The van der Waals surface area contributed by atoms with Gasteiger partial charge in [0.05, 0.1) is 14.2 Å². The summed E-state index contributed by atoms with van der Waals surface area (Å²) in [6.45, 7) is 8.45. The van der Waals surface area contributed by atoms with E-state index in [2.05, 4.69) is 39.1 Å². The van der Waals surface area contributed by atoms with E-state index in [1.165, 1.54) is 11.1 Å². The van der Waals surface area contributed by atoms with Gasteiger partial charge in [0.2, 0.25) is 0 Å². The van der Waals surface area contributed by atoms with Gasteiger partial charge in [0.15, 0.2) is 23.3 Å². The van der Waals surface area contributed by atoms with Crippen molar-refractivity contribution in [3.63, 3.8) is 0 Å². The van der Waals surface area contributed by atoms with Crippen molar-refractivity contribution >= 4 is 29.9 Å². The molecular formula is C20H29IN6O2. The number of methoxy groups -OCH3 is 2. The fourth-order valence-corrected chi connectivity index (χ4v) is 3.23. The molecule has 0 atom stereocenters. The first-order chi connectivity index (χ1) is 13.6. The van der Waals surface area contributed by atoms with Crippen LogP contribution in [-0.2, 0) is 26.6 Å². The zero-order valence-electron chi connectivity index (χ0n) is 17.4. The second-order valence-corrected chi connectivity index (χ2v) is 6.68. The predicted molar refractivity (Wildman–Crippen MR) is 124 cm³/mol. The summed E-state index contributed by atoms with van der Waals surface area (Å²) in [5.41, 5.74) is 2.49. The highest BCUT2D eigenvalue weighted by atomic mass is 127. The van der Waals surface area contributed by atoms with Gasteiger partial charge in [-0.1, -0.05) is 6.08 Å². The standard InChI is InChI=1S/C20H28N6O2.HI/c1-6-8-21-20(22-12-19-24-23-14(2)25(19)3)26-9-7-15-10-17(27-4)18(28-5)11-16(15)13-26;/h6,10-11H,1,7-9,12-13H2,2-5H3,(H,21,22);1H. The van der Waals surface area contributed by atoms with E-state index in [1.54, 1.807) is 14.2 Å². The number of fused-ring (bicyclic) bond motifs is 1. The maximum atomic E-state index is 5.46. The van der Waals surface area contributed by atoms with Crippen LogP contribution in [0.25, 0.3) is 0 Å². The van der Waals surface area contributed by atoms with Gasteiger partial charge in [-0.05, 0) is 36.6 Å². The van der Waals surface area contributed by atoms with Crippen LogP contribution in [0.3, 0.4) is 0 Å². The van der Waals surface area contributed by atoms with Crippen LogP contribution in [0.1, 0.15) is 22.8 Å². The van der Waals surface area contributed by atoms with Crippen LogP contribution in [0.5, 0.6) is 11.5 Å². The molecule has 1 aromatic carbocycles. The van der Waals surface area contributed by atoms with E-state index in [-0.39, 0.29) is 24.0 Å². The number of nitrogens with one attached hydrogen (secondary N) is 1. The molecule has 29 heavy (non-hydrogen) atoms. The number of benzene rings is 1. The van der Waals surface area contributed by atoms with Crippen molar-refractivity contribution in [3.05, 3.63) is 47.6 Å². The van der Waals surface area contributed by atoms with Crippen LogP contribution < -0.4 is 14.8 Å². The number of rotatable bonds is 6. The van der Waals surface area contributed by atoms with Gasteiger partial charge in [0.1, 0.15) is 12.4 Å². The highest BCUT2D eigenvalue weighted by Crippen LogP contribution is 2.33. The van der Waals surface area contributed by atoms with E-state index >= 15 is 0 Å². The molecule has 1 aliphatic heterocycles. The maximum absolute atomic E-state index is 5.46. The van der Waals surface area contributed by atoms with Gasteiger partial charge in [-0.2, -0.15) is 0 Å². The number of aliphatic imine (C=N–C) groups is 1. The molecular weight excluding hydrogens is 483 g/mol. The Morgan fingerprint density at radius 3 is 2.52 bits per heavy atom. The lowest BCUT2D eigenvalue weighted by Crippen LogP contribution is -2.44. The van der Waals surface area contributed by atoms with E-state index in [0.29, 0.717) is 13.1 Å². The van der Waals surface area contributed by atoms with Crippen LogP contribution in [0.15, 0.2) is 29.8 Å². The van der Waals surface area contributed by atoms with Crippen molar-refractivity contribution in [1.82, 2.24) is 25.0 Å². The Morgan fingerprint density at radius 2 is 1.93 bits per heavy atom. The van der Waals surface area contributed by atoms with Crippen LogP contribution in [-0.4, -0.2) is 52.9 Å². The summed E-state index contributed by atoms with van der Waals surface area (Å²) < 4.78 is 12.8. The molecule has 9 heteroatoms. The molecule has 8 nitrogen and oxygen atoms in total. The average molecular weight is 512 g/mol. The summed E-state index contributed by atoms with van der Waals surface area (Å²) in [6.07, 6.45) is 2.74. The largest absolute Gasteiger partial charge is 0.493 e.